The van der Waals surface area contributed by atoms with Crippen LogP contribution in [0.5, 0.6) is 0 Å². The third-order valence-corrected chi connectivity index (χ3v) is 8.69. The maximum atomic E-state index is 13.7. The lowest BCUT2D eigenvalue weighted by Gasteiger charge is -2.31. The minimum atomic E-state index is -4.56. The number of nitrogens with one attached hydrogen (secondary N) is 2. The zero-order valence-corrected chi connectivity index (χ0v) is 25.9. The number of amides is 2. The van der Waals surface area contributed by atoms with Crippen LogP contribution < -0.4 is 10.6 Å². The highest BCUT2D eigenvalue weighted by Crippen LogP contribution is 2.51. The van der Waals surface area contributed by atoms with E-state index in [2.05, 4.69) is 15.6 Å². The lowest BCUT2D eigenvalue weighted by Crippen LogP contribution is -2.47. The Bertz CT molecular complexity index is 1940. The maximum Gasteiger partial charge on any atom is 0.416 e. The average molecular weight is 677 g/mol. The Morgan fingerprint density at radius 3 is 1.94 bits per heavy atom. The van der Waals surface area contributed by atoms with Gasteiger partial charge in [0.15, 0.2) is 5.82 Å². The van der Waals surface area contributed by atoms with Crippen molar-refractivity contribution < 1.29 is 35.9 Å². The van der Waals surface area contributed by atoms with Gasteiger partial charge in [-0.1, -0.05) is 78.9 Å². The van der Waals surface area contributed by atoms with E-state index in [1.807, 2.05) is 24.3 Å². The van der Waals surface area contributed by atoms with Crippen LogP contribution in [0.1, 0.15) is 46.3 Å². The number of rotatable bonds is 10. The number of anilines is 1. The van der Waals surface area contributed by atoms with E-state index in [4.69, 9.17) is 0 Å². The number of unbranched alkanes of at least 4 members (excludes halogenated alkanes) is 1. The topological polar surface area (TPSA) is 76.0 Å². The minimum absolute atomic E-state index is 0.253. The molecule has 1 aromatic heterocycles. The Kier molecular flexibility index (Phi) is 9.06. The van der Waals surface area contributed by atoms with Crippen LogP contribution in [0.3, 0.4) is 0 Å². The molecule has 0 radical (unpaired) electrons. The van der Waals surface area contributed by atoms with Gasteiger partial charge < -0.3 is 15.2 Å². The summed E-state index contributed by atoms with van der Waals surface area (Å²) in [5, 5.41) is 4.87. The number of alkyl halides is 6. The first kappa shape index (κ1) is 33.5. The molecule has 0 atom stereocenters. The van der Waals surface area contributed by atoms with E-state index in [9.17, 15) is 35.9 Å². The van der Waals surface area contributed by atoms with Crippen molar-refractivity contribution in [3.63, 3.8) is 0 Å². The normalized spacial score (nSPS) is 13.4. The molecule has 1 aliphatic carbocycles. The fraction of sp³-hybridized carbons (Fsp3) is 0.216. The van der Waals surface area contributed by atoms with Crippen LogP contribution >= 0.6 is 0 Å². The van der Waals surface area contributed by atoms with Gasteiger partial charge in [-0.15, -0.1) is 0 Å². The van der Waals surface area contributed by atoms with Gasteiger partial charge in [-0.3, -0.25) is 9.59 Å². The first-order chi connectivity index (χ1) is 23.4. The number of imidazole rings is 1. The number of carbonyl (C=O) groups excluding carboxylic acids is 2. The number of benzene rings is 4. The van der Waals surface area contributed by atoms with Crippen LogP contribution in [0.2, 0.25) is 0 Å². The highest BCUT2D eigenvalue weighted by molar-refractivity contribution is 6.08. The fourth-order valence-corrected chi connectivity index (χ4v) is 6.47. The highest BCUT2D eigenvalue weighted by atomic mass is 19.4. The van der Waals surface area contributed by atoms with Crippen LogP contribution in [0.25, 0.3) is 22.3 Å². The maximum absolute atomic E-state index is 13.7. The molecule has 2 amide bonds. The van der Waals surface area contributed by atoms with Crippen LogP contribution in [-0.2, 0) is 22.9 Å². The lowest BCUT2D eigenvalue weighted by molar-refractivity contribution is -0.141. The largest absolute Gasteiger partial charge is 0.416 e. The second-order valence-corrected chi connectivity index (χ2v) is 11.8. The van der Waals surface area contributed by atoms with Gasteiger partial charge >= 0.3 is 12.4 Å². The molecule has 0 fully saturated rings. The Labute approximate surface area is 277 Å². The quantitative estimate of drug-likeness (QED) is 0.115. The molecule has 5 aromatic rings. The van der Waals surface area contributed by atoms with Crippen molar-refractivity contribution in [1.29, 1.82) is 0 Å². The number of aryl methyl sites for hydroxylation is 1. The predicted octanol–water partition coefficient (Wildman–Crippen LogP) is 8.64. The van der Waals surface area contributed by atoms with E-state index in [1.54, 1.807) is 59.3 Å². The number of carbonyl (C=O) groups is 2. The van der Waals surface area contributed by atoms with Crippen molar-refractivity contribution in [2.45, 2.75) is 43.6 Å². The molecule has 1 aliphatic rings. The fourth-order valence-electron chi connectivity index (χ4n) is 6.47. The van der Waals surface area contributed by atoms with Crippen LogP contribution in [0, 0.1) is 0 Å². The molecular formula is C37H30F6N4O2. The summed E-state index contributed by atoms with van der Waals surface area (Å²) in [6, 6.07) is 25.7. The molecule has 0 saturated heterocycles. The van der Waals surface area contributed by atoms with Gasteiger partial charge in [-0.25, -0.2) is 4.98 Å². The third-order valence-electron chi connectivity index (χ3n) is 8.69. The Hall–Kier alpha value is -5.39. The molecule has 0 spiro atoms. The molecule has 0 aliphatic heterocycles. The standard InChI is InChI=1S/C37H30F6N4O2/c38-36(39,40)22-44-34(49)35(30-13-5-3-10-27(30)28-11-4-6-14-31(28)35)19-7-8-20-47-21-32(45-23-47)46-33(48)29-12-2-1-9-26(29)24-15-17-25(18-16-24)37(41,42)43/h1-6,9-18,21,23H,7-8,19-20,22H2,(H,44,49)(H,46,48). The number of nitrogens with zero attached hydrogens (tertiary/aromatic N) is 2. The lowest BCUT2D eigenvalue weighted by atomic mass is 9.73. The van der Waals surface area contributed by atoms with Crippen molar-refractivity contribution in [3.8, 4) is 22.3 Å². The summed E-state index contributed by atoms with van der Waals surface area (Å²) < 4.78 is 80.3. The van der Waals surface area contributed by atoms with Gasteiger partial charge in [0.1, 0.15) is 12.0 Å². The summed E-state index contributed by atoms with van der Waals surface area (Å²) >= 11 is 0. The smallest absolute Gasteiger partial charge is 0.346 e. The van der Waals surface area contributed by atoms with Crippen molar-refractivity contribution in [3.05, 3.63) is 132 Å². The van der Waals surface area contributed by atoms with Gasteiger partial charge in [0.2, 0.25) is 5.91 Å². The second kappa shape index (κ2) is 13.3. The van der Waals surface area contributed by atoms with E-state index >= 15 is 0 Å². The van der Waals surface area contributed by atoms with Gasteiger partial charge in [-0.05, 0) is 70.8 Å². The highest BCUT2D eigenvalue weighted by Gasteiger charge is 2.49. The Morgan fingerprint density at radius 1 is 0.735 bits per heavy atom. The predicted molar refractivity (Wildman–Crippen MR) is 173 cm³/mol. The van der Waals surface area contributed by atoms with Crippen molar-refractivity contribution in [2.75, 3.05) is 11.9 Å². The molecule has 1 heterocycles. The molecule has 4 aromatic carbocycles. The van der Waals surface area contributed by atoms with Crippen molar-refractivity contribution >= 4 is 17.6 Å². The summed E-state index contributed by atoms with van der Waals surface area (Å²) in [4.78, 5) is 31.2. The zero-order valence-electron chi connectivity index (χ0n) is 25.9. The van der Waals surface area contributed by atoms with Gasteiger partial charge in [0, 0.05) is 18.3 Å². The van der Waals surface area contributed by atoms with Gasteiger partial charge in [0.25, 0.3) is 5.91 Å². The SMILES string of the molecule is O=C(Nc1cn(CCCCC2(C(=O)NCC(F)(F)F)c3ccccc3-c3ccccc32)cn1)c1ccccc1-c1ccc(C(F)(F)F)cc1. The summed E-state index contributed by atoms with van der Waals surface area (Å²) in [7, 11) is 0. The molecule has 12 heteroatoms. The van der Waals surface area contributed by atoms with Gasteiger partial charge in [0.05, 0.1) is 11.9 Å². The third kappa shape index (κ3) is 6.94. The molecule has 6 nitrogen and oxygen atoms in total. The molecule has 2 N–H and O–H groups in total. The molecule has 0 unspecified atom stereocenters. The summed E-state index contributed by atoms with van der Waals surface area (Å²) in [5.41, 5.74) is 2.03. The van der Waals surface area contributed by atoms with E-state index in [1.165, 1.54) is 18.5 Å². The first-order valence-electron chi connectivity index (χ1n) is 15.5. The molecule has 0 bridgehead atoms. The van der Waals surface area contributed by atoms with E-state index in [0.717, 1.165) is 23.3 Å². The van der Waals surface area contributed by atoms with Gasteiger partial charge in [-0.2, -0.15) is 26.3 Å². The van der Waals surface area contributed by atoms with E-state index in [0.29, 0.717) is 41.6 Å². The van der Waals surface area contributed by atoms with Crippen LogP contribution in [0.4, 0.5) is 32.2 Å². The van der Waals surface area contributed by atoms with E-state index < -0.39 is 41.7 Å². The number of halogens is 6. The minimum Gasteiger partial charge on any atom is -0.346 e. The van der Waals surface area contributed by atoms with Crippen molar-refractivity contribution in [1.82, 2.24) is 14.9 Å². The summed E-state index contributed by atoms with van der Waals surface area (Å²) in [6.45, 7) is -0.981. The molecule has 0 saturated carbocycles. The first-order valence-corrected chi connectivity index (χ1v) is 15.5. The van der Waals surface area contributed by atoms with Crippen LogP contribution in [0.15, 0.2) is 110 Å². The average Bonchev–Trinajstić information content (AvgIpc) is 3.65. The number of hydrogen-bond donors (Lipinski definition) is 2. The molecule has 49 heavy (non-hydrogen) atoms. The zero-order chi connectivity index (χ0) is 34.8. The second-order valence-electron chi connectivity index (χ2n) is 11.8. The molecular weight excluding hydrogens is 646 g/mol. The van der Waals surface area contributed by atoms with E-state index in [-0.39, 0.29) is 17.8 Å². The number of hydrogen-bond acceptors (Lipinski definition) is 3. The molecule has 252 valence electrons. The monoisotopic (exact) mass is 676 g/mol. The Morgan fingerprint density at radius 2 is 1.33 bits per heavy atom. The summed E-state index contributed by atoms with van der Waals surface area (Å²) in [6.07, 6.45) is -4.57. The van der Waals surface area contributed by atoms with Crippen LogP contribution in [-0.4, -0.2) is 34.1 Å². The number of aromatic nitrogens is 2. The molecule has 6 rings (SSSR count). The Balaban J connectivity index is 1.14. The summed E-state index contributed by atoms with van der Waals surface area (Å²) in [5.74, 6) is -0.938. The number of fused-ring (bicyclic) bond motifs is 3. The van der Waals surface area contributed by atoms with Crippen molar-refractivity contribution in [2.24, 2.45) is 0 Å².